The lowest BCUT2D eigenvalue weighted by atomic mass is 10.1. The van der Waals surface area contributed by atoms with E-state index in [0.717, 1.165) is 5.56 Å². The first-order chi connectivity index (χ1) is 9.78. The highest BCUT2D eigenvalue weighted by molar-refractivity contribution is 7.09. The molecule has 0 amide bonds. The molecule has 0 radical (unpaired) electrons. The zero-order chi connectivity index (χ0) is 14.4. The Morgan fingerprint density at radius 2 is 2.15 bits per heavy atom. The van der Waals surface area contributed by atoms with Crippen molar-refractivity contribution in [3.8, 4) is 17.6 Å². The molecular formula is C15H16N2O2S. The van der Waals surface area contributed by atoms with Crippen LogP contribution in [0.15, 0.2) is 35.7 Å². The first kappa shape index (κ1) is 14.4. The number of hydrogen-bond acceptors (Lipinski definition) is 5. The highest BCUT2D eigenvalue weighted by Gasteiger charge is 2.16. The molecule has 1 heterocycles. The molecule has 20 heavy (non-hydrogen) atoms. The van der Waals surface area contributed by atoms with Crippen LogP contribution in [0.5, 0.6) is 11.5 Å². The van der Waals surface area contributed by atoms with Gasteiger partial charge in [-0.2, -0.15) is 5.26 Å². The van der Waals surface area contributed by atoms with E-state index in [-0.39, 0.29) is 0 Å². The summed E-state index contributed by atoms with van der Waals surface area (Å²) in [5.41, 5.74) is 0.812. The van der Waals surface area contributed by atoms with Gasteiger partial charge in [0.05, 0.1) is 20.3 Å². The van der Waals surface area contributed by atoms with Crippen LogP contribution in [-0.2, 0) is 6.54 Å². The van der Waals surface area contributed by atoms with Crippen molar-refractivity contribution in [1.29, 1.82) is 5.26 Å². The van der Waals surface area contributed by atoms with Crippen molar-refractivity contribution in [3.63, 3.8) is 0 Å². The van der Waals surface area contributed by atoms with Crippen LogP contribution >= 0.6 is 11.3 Å². The molecule has 4 nitrogen and oxygen atoms in total. The number of nitrogens with one attached hydrogen (secondary N) is 1. The van der Waals surface area contributed by atoms with Crippen molar-refractivity contribution in [1.82, 2.24) is 5.32 Å². The van der Waals surface area contributed by atoms with Gasteiger partial charge in [-0.15, -0.1) is 11.3 Å². The Hall–Kier alpha value is -2.03. The Morgan fingerprint density at radius 3 is 2.75 bits per heavy atom. The predicted molar refractivity (Wildman–Crippen MR) is 79.1 cm³/mol. The van der Waals surface area contributed by atoms with Gasteiger partial charge in [0.15, 0.2) is 0 Å². The van der Waals surface area contributed by atoms with Crippen LogP contribution in [0.2, 0.25) is 0 Å². The van der Waals surface area contributed by atoms with Gasteiger partial charge in [-0.25, -0.2) is 0 Å². The number of methoxy groups -OCH3 is 2. The molecule has 0 saturated heterocycles. The zero-order valence-electron chi connectivity index (χ0n) is 11.4. The van der Waals surface area contributed by atoms with Gasteiger partial charge in [-0.1, -0.05) is 6.07 Å². The molecule has 1 aromatic heterocycles. The van der Waals surface area contributed by atoms with Crippen LogP contribution in [0.3, 0.4) is 0 Å². The van der Waals surface area contributed by atoms with E-state index in [2.05, 4.69) is 11.4 Å². The fourth-order valence-corrected chi connectivity index (χ4v) is 2.55. The SMILES string of the molecule is COc1ccc(C(C#N)NCc2cccs2)c(OC)c1. The Balaban J connectivity index is 2.16. The van der Waals surface area contributed by atoms with Crippen LogP contribution < -0.4 is 14.8 Å². The van der Waals surface area contributed by atoms with Crippen molar-refractivity contribution in [3.05, 3.63) is 46.2 Å². The molecule has 0 fully saturated rings. The molecule has 0 aliphatic heterocycles. The second kappa shape index (κ2) is 6.94. The van der Waals surface area contributed by atoms with Crippen molar-refractivity contribution in [2.24, 2.45) is 0 Å². The van der Waals surface area contributed by atoms with Gasteiger partial charge in [0, 0.05) is 23.1 Å². The minimum Gasteiger partial charge on any atom is -0.497 e. The van der Waals surface area contributed by atoms with Crippen LogP contribution in [0, 0.1) is 11.3 Å². The van der Waals surface area contributed by atoms with Gasteiger partial charge < -0.3 is 9.47 Å². The fourth-order valence-electron chi connectivity index (χ4n) is 1.90. The summed E-state index contributed by atoms with van der Waals surface area (Å²) in [4.78, 5) is 1.19. The summed E-state index contributed by atoms with van der Waals surface area (Å²) in [6.45, 7) is 0.658. The summed E-state index contributed by atoms with van der Waals surface area (Å²) in [7, 11) is 3.19. The standard InChI is InChI=1S/C15H16N2O2S/c1-18-11-5-6-13(15(8-11)19-2)14(9-16)17-10-12-4-3-7-20-12/h3-8,14,17H,10H2,1-2H3. The van der Waals surface area contributed by atoms with Gasteiger partial charge in [0.1, 0.15) is 17.5 Å². The van der Waals surface area contributed by atoms with E-state index in [4.69, 9.17) is 9.47 Å². The Morgan fingerprint density at radius 1 is 1.30 bits per heavy atom. The third kappa shape index (κ3) is 3.29. The highest BCUT2D eigenvalue weighted by atomic mass is 32.1. The van der Waals surface area contributed by atoms with E-state index in [1.807, 2.05) is 29.6 Å². The molecule has 0 aliphatic carbocycles. The average molecular weight is 288 g/mol. The van der Waals surface area contributed by atoms with E-state index < -0.39 is 6.04 Å². The van der Waals surface area contributed by atoms with Crippen LogP contribution in [0.25, 0.3) is 0 Å². The molecule has 0 saturated carbocycles. The van der Waals surface area contributed by atoms with Gasteiger partial charge >= 0.3 is 0 Å². The lowest BCUT2D eigenvalue weighted by molar-refractivity contribution is 0.388. The summed E-state index contributed by atoms with van der Waals surface area (Å²) < 4.78 is 10.5. The number of nitrogens with zero attached hydrogens (tertiary/aromatic N) is 1. The van der Waals surface area contributed by atoms with E-state index in [9.17, 15) is 5.26 Å². The number of thiophene rings is 1. The van der Waals surface area contributed by atoms with Crippen LogP contribution in [-0.4, -0.2) is 14.2 Å². The fraction of sp³-hybridized carbons (Fsp3) is 0.267. The third-order valence-corrected chi connectivity index (χ3v) is 3.82. The predicted octanol–water partition coefficient (Wildman–Crippen LogP) is 3.12. The summed E-state index contributed by atoms with van der Waals surface area (Å²) in [5.74, 6) is 1.36. The molecule has 104 valence electrons. The molecule has 0 aliphatic rings. The molecular weight excluding hydrogens is 272 g/mol. The maximum atomic E-state index is 9.36. The van der Waals surface area contributed by atoms with Gasteiger partial charge in [0.25, 0.3) is 0 Å². The first-order valence-electron chi connectivity index (χ1n) is 6.15. The molecule has 2 aromatic rings. The van der Waals surface area contributed by atoms with E-state index in [1.165, 1.54) is 4.88 Å². The lowest BCUT2D eigenvalue weighted by Gasteiger charge is -2.15. The highest BCUT2D eigenvalue weighted by Crippen LogP contribution is 2.29. The van der Waals surface area contributed by atoms with E-state index in [1.54, 1.807) is 31.6 Å². The smallest absolute Gasteiger partial charge is 0.128 e. The summed E-state index contributed by atoms with van der Waals surface area (Å²) in [6, 6.07) is 11.3. The molecule has 1 aromatic carbocycles. The van der Waals surface area contributed by atoms with Crippen molar-refractivity contribution >= 4 is 11.3 Å². The number of benzene rings is 1. The number of rotatable bonds is 6. The summed E-state index contributed by atoms with van der Waals surface area (Å²) in [6.07, 6.45) is 0. The molecule has 1 unspecified atom stereocenters. The maximum Gasteiger partial charge on any atom is 0.128 e. The van der Waals surface area contributed by atoms with Crippen LogP contribution in [0.4, 0.5) is 0 Å². The molecule has 1 atom stereocenters. The van der Waals surface area contributed by atoms with Gasteiger partial charge in [-0.3, -0.25) is 5.32 Å². The molecule has 0 bridgehead atoms. The monoisotopic (exact) mass is 288 g/mol. The minimum absolute atomic E-state index is 0.419. The average Bonchev–Trinajstić information content (AvgIpc) is 3.01. The van der Waals surface area contributed by atoms with Gasteiger partial charge in [-0.05, 0) is 23.6 Å². The van der Waals surface area contributed by atoms with Crippen molar-refractivity contribution < 1.29 is 9.47 Å². The molecule has 5 heteroatoms. The van der Waals surface area contributed by atoms with E-state index >= 15 is 0 Å². The first-order valence-corrected chi connectivity index (χ1v) is 7.03. The minimum atomic E-state index is -0.419. The largest absolute Gasteiger partial charge is 0.497 e. The Kier molecular flexibility index (Phi) is 4.99. The van der Waals surface area contributed by atoms with E-state index in [0.29, 0.717) is 18.0 Å². The second-order valence-corrected chi connectivity index (χ2v) is 5.16. The third-order valence-electron chi connectivity index (χ3n) is 2.94. The quantitative estimate of drug-likeness (QED) is 0.887. The molecule has 2 rings (SSSR count). The maximum absolute atomic E-state index is 9.36. The molecule has 0 spiro atoms. The summed E-state index contributed by atoms with van der Waals surface area (Å²) in [5, 5.41) is 14.6. The second-order valence-electron chi connectivity index (χ2n) is 4.13. The van der Waals surface area contributed by atoms with Gasteiger partial charge in [0.2, 0.25) is 0 Å². The van der Waals surface area contributed by atoms with Crippen molar-refractivity contribution in [2.45, 2.75) is 12.6 Å². The zero-order valence-corrected chi connectivity index (χ0v) is 12.2. The lowest BCUT2D eigenvalue weighted by Crippen LogP contribution is -2.19. The Bertz CT molecular complexity index is 590. The topological polar surface area (TPSA) is 54.3 Å². The number of hydrogen-bond donors (Lipinski definition) is 1. The number of ether oxygens (including phenoxy) is 2. The summed E-state index contributed by atoms with van der Waals surface area (Å²) >= 11 is 1.66. The van der Waals surface area contributed by atoms with Crippen molar-refractivity contribution in [2.75, 3.05) is 14.2 Å². The number of nitriles is 1. The normalized spacial score (nSPS) is 11.7. The van der Waals surface area contributed by atoms with Crippen LogP contribution in [0.1, 0.15) is 16.5 Å². The molecule has 1 N–H and O–H groups in total. The Labute approximate surface area is 122 Å².